The Kier molecular flexibility index (Phi) is 4.63. The van der Waals surface area contributed by atoms with E-state index in [9.17, 15) is 19.2 Å². The summed E-state index contributed by atoms with van der Waals surface area (Å²) in [5, 5.41) is 0. The lowest BCUT2D eigenvalue weighted by molar-refractivity contribution is -0.132. The zero-order valence-electron chi connectivity index (χ0n) is 12.6. The summed E-state index contributed by atoms with van der Waals surface area (Å²) < 4.78 is 2.03. The van der Waals surface area contributed by atoms with Gasteiger partial charge in [0.1, 0.15) is 0 Å². The maximum Gasteiger partial charge on any atom is 0.268 e. The molecule has 0 unspecified atom stereocenters. The molecule has 1 fully saturated rings. The minimum Gasteiger partial charge on any atom is -0.268 e. The van der Waals surface area contributed by atoms with Crippen molar-refractivity contribution in [2.45, 2.75) is 39.0 Å². The number of unbranched alkanes of at least 4 members (excludes halogenated alkanes) is 3. The highest BCUT2D eigenvalue weighted by atomic mass is 33.1. The molecule has 23 heavy (non-hydrogen) atoms. The summed E-state index contributed by atoms with van der Waals surface area (Å²) in [6.45, 7) is 2.10. The zero-order chi connectivity index (χ0) is 16.6. The fourth-order valence-corrected chi connectivity index (χ4v) is 4.88. The van der Waals surface area contributed by atoms with Gasteiger partial charge in [0.15, 0.2) is 0 Å². The maximum atomic E-state index is 12.4. The van der Waals surface area contributed by atoms with Crippen molar-refractivity contribution in [3.8, 4) is 0 Å². The summed E-state index contributed by atoms with van der Waals surface area (Å²) >= 11 is 0. The first-order valence-corrected chi connectivity index (χ1v) is 9.65. The van der Waals surface area contributed by atoms with E-state index >= 15 is 0 Å². The third-order valence-corrected chi connectivity index (χ3v) is 6.25. The number of rotatable bonds is 5. The van der Waals surface area contributed by atoms with Gasteiger partial charge in [-0.3, -0.25) is 19.2 Å². The number of hydrogen-bond donors (Lipinski definition) is 0. The van der Waals surface area contributed by atoms with Gasteiger partial charge in [0, 0.05) is 29.2 Å². The van der Waals surface area contributed by atoms with E-state index in [2.05, 4.69) is 6.92 Å². The molecule has 0 aromatic carbocycles. The van der Waals surface area contributed by atoms with E-state index in [1.165, 1.54) is 12.2 Å². The largest absolute Gasteiger partial charge is 0.268 e. The molecule has 0 spiro atoms. The Hall–Kier alpha value is -1.54. The lowest BCUT2D eigenvalue weighted by atomic mass is 9.86. The molecule has 3 rings (SSSR count). The van der Waals surface area contributed by atoms with Gasteiger partial charge in [0.2, 0.25) is 0 Å². The van der Waals surface area contributed by atoms with Crippen LogP contribution < -0.4 is 0 Å². The van der Waals surface area contributed by atoms with Crippen molar-refractivity contribution < 1.29 is 19.2 Å². The second kappa shape index (κ2) is 6.52. The van der Waals surface area contributed by atoms with E-state index in [4.69, 9.17) is 0 Å². The molecule has 1 saturated heterocycles. The first kappa shape index (κ1) is 16.3. The summed E-state index contributed by atoms with van der Waals surface area (Å²) in [7, 11) is 1.64. The molecule has 0 saturated carbocycles. The van der Waals surface area contributed by atoms with E-state index in [1.54, 1.807) is 0 Å². The molecular formula is C15H16N2O4S2. The van der Waals surface area contributed by atoms with Crippen molar-refractivity contribution in [3.63, 3.8) is 0 Å². The van der Waals surface area contributed by atoms with E-state index in [-0.39, 0.29) is 11.8 Å². The Bertz CT molecular complexity index is 606. The Balaban J connectivity index is 1.93. The van der Waals surface area contributed by atoms with Gasteiger partial charge in [-0.1, -0.05) is 32.6 Å². The molecule has 0 aliphatic carbocycles. The summed E-state index contributed by atoms with van der Waals surface area (Å²) in [4.78, 5) is 48.9. The molecule has 0 radical (unpaired) electrons. The Morgan fingerprint density at radius 3 is 1.87 bits per heavy atom. The van der Waals surface area contributed by atoms with Crippen molar-refractivity contribution in [2.24, 2.45) is 5.92 Å². The van der Waals surface area contributed by atoms with Gasteiger partial charge in [0.05, 0.1) is 22.0 Å². The van der Waals surface area contributed by atoms with Gasteiger partial charge >= 0.3 is 0 Å². The molecule has 3 aliphatic heterocycles. The van der Waals surface area contributed by atoms with Crippen LogP contribution in [-0.2, 0) is 19.2 Å². The van der Waals surface area contributed by atoms with Crippen LogP contribution in [0.1, 0.15) is 39.0 Å². The van der Waals surface area contributed by atoms with E-state index in [1.807, 2.05) is 0 Å². The number of carbonyl (C=O) groups excluding carboxylic acids is 4. The van der Waals surface area contributed by atoms with E-state index < -0.39 is 17.7 Å². The van der Waals surface area contributed by atoms with Crippen molar-refractivity contribution in [2.75, 3.05) is 0 Å². The molecule has 6 nitrogen and oxygen atoms in total. The highest BCUT2D eigenvalue weighted by Gasteiger charge is 2.45. The lowest BCUT2D eigenvalue weighted by Gasteiger charge is -2.17. The van der Waals surface area contributed by atoms with Gasteiger partial charge in [-0.25, -0.2) is 8.61 Å². The normalized spacial score (nSPS) is 21.4. The van der Waals surface area contributed by atoms with E-state index in [0.29, 0.717) is 17.6 Å². The molecular weight excluding hydrogens is 336 g/mol. The minimum atomic E-state index is -0.478. The Labute approximate surface area is 142 Å². The molecule has 122 valence electrons. The lowest BCUT2D eigenvalue weighted by Crippen LogP contribution is -2.25. The van der Waals surface area contributed by atoms with Crippen LogP contribution in [0.4, 0.5) is 0 Å². The van der Waals surface area contributed by atoms with Crippen molar-refractivity contribution >= 4 is 45.6 Å². The molecule has 8 heteroatoms. The summed E-state index contributed by atoms with van der Waals surface area (Å²) in [6, 6.07) is 0. The Morgan fingerprint density at radius 2 is 1.39 bits per heavy atom. The number of imide groups is 2. The van der Waals surface area contributed by atoms with Crippen LogP contribution in [0.3, 0.4) is 0 Å². The van der Waals surface area contributed by atoms with Crippen LogP contribution >= 0.6 is 22.0 Å². The molecule has 3 heterocycles. The summed E-state index contributed by atoms with van der Waals surface area (Å²) in [5.74, 6) is -2.02. The van der Waals surface area contributed by atoms with Crippen molar-refractivity contribution in [1.29, 1.82) is 0 Å². The van der Waals surface area contributed by atoms with Gasteiger partial charge in [-0.2, -0.15) is 0 Å². The summed E-state index contributed by atoms with van der Waals surface area (Å²) in [5.41, 5.74) is 0.659. The van der Waals surface area contributed by atoms with Crippen LogP contribution in [0.5, 0.6) is 0 Å². The number of hydrogen-bond acceptors (Lipinski definition) is 6. The molecule has 4 bridgehead atoms. The van der Waals surface area contributed by atoms with Crippen molar-refractivity contribution in [3.05, 3.63) is 23.3 Å². The van der Waals surface area contributed by atoms with Crippen LogP contribution in [0.2, 0.25) is 0 Å². The maximum absolute atomic E-state index is 12.4. The fourth-order valence-electron chi connectivity index (χ4n) is 2.90. The smallest absolute Gasteiger partial charge is 0.268 e. The number of nitrogens with zero attached hydrogens (tertiary/aromatic N) is 2. The molecule has 4 amide bonds. The predicted molar refractivity (Wildman–Crippen MR) is 87.3 cm³/mol. The topological polar surface area (TPSA) is 74.8 Å². The van der Waals surface area contributed by atoms with Crippen LogP contribution in [-0.4, -0.2) is 32.2 Å². The SMILES string of the molecule is CCCCCCC1C2=CC(=O)N(SSN3C(=O)C=C1C3=O)C2=O. The molecule has 0 N–H and O–H groups in total. The van der Waals surface area contributed by atoms with Crippen molar-refractivity contribution in [1.82, 2.24) is 8.61 Å². The minimum absolute atomic E-state index is 0.329. The van der Waals surface area contributed by atoms with Gasteiger partial charge < -0.3 is 0 Å². The first-order valence-electron chi connectivity index (χ1n) is 7.59. The van der Waals surface area contributed by atoms with Gasteiger partial charge in [-0.15, -0.1) is 0 Å². The van der Waals surface area contributed by atoms with Gasteiger partial charge in [-0.05, 0) is 6.42 Å². The summed E-state index contributed by atoms with van der Waals surface area (Å²) in [6.07, 6.45) is 7.21. The van der Waals surface area contributed by atoms with Crippen LogP contribution in [0, 0.1) is 5.92 Å². The first-order chi connectivity index (χ1) is 11.0. The number of carbonyl (C=O) groups is 4. The second-order valence-corrected chi connectivity index (χ2v) is 7.55. The van der Waals surface area contributed by atoms with Gasteiger partial charge in [0.25, 0.3) is 23.6 Å². The van der Waals surface area contributed by atoms with Crippen LogP contribution in [0.25, 0.3) is 0 Å². The average molecular weight is 352 g/mol. The molecule has 0 aromatic heterocycles. The Morgan fingerprint density at radius 1 is 0.870 bits per heavy atom. The highest BCUT2D eigenvalue weighted by molar-refractivity contribution is 8.75. The van der Waals surface area contributed by atoms with E-state index in [0.717, 1.165) is 56.3 Å². The molecule has 3 aliphatic rings. The zero-order valence-corrected chi connectivity index (χ0v) is 14.2. The second-order valence-electron chi connectivity index (χ2n) is 5.63. The highest BCUT2D eigenvalue weighted by Crippen LogP contribution is 2.44. The third kappa shape index (κ3) is 2.85. The standard InChI is InChI=1S/C15H16N2O4S2/c1-2-3-4-5-6-9-10-7-12(18)16(14(10)20)22-23-17-13(19)8-11(9)15(17)21/h7-9H,2-6H2,1H3. The molecule has 0 atom stereocenters. The van der Waals surface area contributed by atoms with Crippen LogP contribution in [0.15, 0.2) is 23.3 Å². The average Bonchev–Trinajstić information content (AvgIpc) is 2.95. The monoisotopic (exact) mass is 352 g/mol. The quantitative estimate of drug-likeness (QED) is 0.327. The fraction of sp³-hybridized carbons (Fsp3) is 0.467. The third-order valence-electron chi connectivity index (χ3n) is 4.10. The number of amides is 4. The molecule has 0 aromatic rings. The number of fused-ring (bicyclic) bond motifs is 4. The predicted octanol–water partition coefficient (Wildman–Crippen LogP) is 2.39.